The van der Waals surface area contributed by atoms with E-state index in [1.807, 2.05) is 20.8 Å². The van der Waals surface area contributed by atoms with Gasteiger partial charge in [-0.25, -0.2) is 0 Å². The number of non-ortho nitro benzene ring substituents is 1. The summed E-state index contributed by atoms with van der Waals surface area (Å²) in [6, 6.07) is 6.61. The molecule has 1 unspecified atom stereocenters. The van der Waals surface area contributed by atoms with Crippen molar-refractivity contribution in [3.05, 3.63) is 33.9 Å². The highest BCUT2D eigenvalue weighted by Gasteiger charge is 2.12. The van der Waals surface area contributed by atoms with Gasteiger partial charge in [-0.1, -0.05) is 0 Å². The zero-order valence-electron chi connectivity index (χ0n) is 11.9. The summed E-state index contributed by atoms with van der Waals surface area (Å²) < 4.78 is 5.55. The second kappa shape index (κ2) is 7.46. The number of nitro benzene ring substituents is 1. The van der Waals surface area contributed by atoms with Gasteiger partial charge in [0.15, 0.2) is 0 Å². The first-order valence-electron chi connectivity index (χ1n) is 6.47. The maximum absolute atomic E-state index is 10.7. The fraction of sp³-hybridized carbons (Fsp3) is 0.500. The van der Waals surface area contributed by atoms with Crippen LogP contribution < -0.4 is 10.1 Å². The van der Waals surface area contributed by atoms with Gasteiger partial charge >= 0.3 is 0 Å². The topological polar surface area (TPSA) is 88.2 Å². The number of nitriles is 1. The summed E-state index contributed by atoms with van der Waals surface area (Å²) >= 11 is 0. The summed E-state index contributed by atoms with van der Waals surface area (Å²) in [5.41, 5.74) is 0.837. The van der Waals surface area contributed by atoms with Crippen molar-refractivity contribution in [2.24, 2.45) is 0 Å². The van der Waals surface area contributed by atoms with Crippen LogP contribution in [-0.2, 0) is 0 Å². The third kappa shape index (κ3) is 4.86. The van der Waals surface area contributed by atoms with Crippen LogP contribution in [0.2, 0.25) is 0 Å². The van der Waals surface area contributed by atoms with Crippen molar-refractivity contribution in [1.82, 2.24) is 5.32 Å². The Kier molecular flexibility index (Phi) is 5.94. The van der Waals surface area contributed by atoms with Crippen LogP contribution in [0.15, 0.2) is 18.2 Å². The lowest BCUT2D eigenvalue weighted by atomic mass is 10.2. The average Bonchev–Trinajstić information content (AvgIpc) is 2.38. The van der Waals surface area contributed by atoms with Gasteiger partial charge in [-0.15, -0.1) is 0 Å². The van der Waals surface area contributed by atoms with E-state index in [9.17, 15) is 10.1 Å². The Bertz CT molecular complexity index is 509. The minimum Gasteiger partial charge on any atom is -0.493 e. The molecule has 0 saturated carbocycles. The monoisotopic (exact) mass is 277 g/mol. The van der Waals surface area contributed by atoms with E-state index in [0.29, 0.717) is 18.8 Å². The highest BCUT2D eigenvalue weighted by molar-refractivity contribution is 5.43. The second-order valence-corrected chi connectivity index (χ2v) is 4.85. The van der Waals surface area contributed by atoms with Gasteiger partial charge < -0.3 is 4.74 Å². The van der Waals surface area contributed by atoms with E-state index in [2.05, 4.69) is 11.4 Å². The molecule has 0 aliphatic heterocycles. The molecular formula is C14H19N3O3. The molecule has 0 aliphatic rings. The smallest absolute Gasteiger partial charge is 0.273 e. The maximum atomic E-state index is 10.7. The summed E-state index contributed by atoms with van der Waals surface area (Å²) in [7, 11) is 0. The van der Waals surface area contributed by atoms with Crippen molar-refractivity contribution in [1.29, 1.82) is 5.26 Å². The molecule has 1 rings (SSSR count). The molecule has 6 heteroatoms. The molecule has 1 aromatic rings. The molecular weight excluding hydrogens is 258 g/mol. The lowest BCUT2D eigenvalue weighted by Gasteiger charge is -2.15. The standard InChI is InChI=1S/C14H19N3O3/c1-10(2)16-12(9-15)6-7-20-14-8-13(17(18)19)5-4-11(14)3/h4-5,8,10,12,16H,6-7H2,1-3H3. The van der Waals surface area contributed by atoms with Crippen molar-refractivity contribution < 1.29 is 9.66 Å². The molecule has 1 atom stereocenters. The first-order chi connectivity index (χ1) is 9.43. The highest BCUT2D eigenvalue weighted by atomic mass is 16.6. The Labute approximate surface area is 118 Å². The van der Waals surface area contributed by atoms with Gasteiger partial charge in [-0.3, -0.25) is 15.4 Å². The third-order valence-corrected chi connectivity index (χ3v) is 2.74. The van der Waals surface area contributed by atoms with Gasteiger partial charge in [-0.2, -0.15) is 5.26 Å². The Morgan fingerprint density at radius 2 is 2.20 bits per heavy atom. The molecule has 6 nitrogen and oxygen atoms in total. The first kappa shape index (κ1) is 15.9. The van der Waals surface area contributed by atoms with Gasteiger partial charge in [-0.05, 0) is 32.4 Å². The maximum Gasteiger partial charge on any atom is 0.273 e. The lowest BCUT2D eigenvalue weighted by Crippen LogP contribution is -2.34. The van der Waals surface area contributed by atoms with Crippen molar-refractivity contribution >= 4 is 5.69 Å². The Balaban J connectivity index is 2.59. The van der Waals surface area contributed by atoms with Gasteiger partial charge in [0, 0.05) is 18.5 Å². The molecule has 0 bridgehead atoms. The molecule has 0 amide bonds. The Morgan fingerprint density at radius 1 is 1.50 bits per heavy atom. The van der Waals surface area contributed by atoms with Crippen LogP contribution in [0.4, 0.5) is 5.69 Å². The quantitative estimate of drug-likeness (QED) is 0.611. The van der Waals surface area contributed by atoms with Crippen molar-refractivity contribution in [3.63, 3.8) is 0 Å². The summed E-state index contributed by atoms with van der Waals surface area (Å²) in [6.45, 7) is 6.10. The van der Waals surface area contributed by atoms with E-state index >= 15 is 0 Å². The minimum atomic E-state index is -0.454. The van der Waals surface area contributed by atoms with Crippen LogP contribution >= 0.6 is 0 Å². The van der Waals surface area contributed by atoms with E-state index < -0.39 is 4.92 Å². The zero-order chi connectivity index (χ0) is 15.1. The molecule has 0 fully saturated rings. The molecule has 1 aromatic carbocycles. The number of nitro groups is 1. The number of hydrogen-bond acceptors (Lipinski definition) is 5. The first-order valence-corrected chi connectivity index (χ1v) is 6.47. The van der Waals surface area contributed by atoms with Gasteiger partial charge in [0.2, 0.25) is 0 Å². The van der Waals surface area contributed by atoms with Crippen LogP contribution in [0, 0.1) is 28.4 Å². The molecule has 108 valence electrons. The number of ether oxygens (including phenoxy) is 1. The van der Waals surface area contributed by atoms with E-state index in [1.165, 1.54) is 12.1 Å². The molecule has 20 heavy (non-hydrogen) atoms. The number of nitrogens with one attached hydrogen (secondary N) is 1. The minimum absolute atomic E-state index is 0.00254. The van der Waals surface area contributed by atoms with Crippen LogP contribution in [0.5, 0.6) is 5.75 Å². The molecule has 0 aromatic heterocycles. The lowest BCUT2D eigenvalue weighted by molar-refractivity contribution is -0.384. The van der Waals surface area contributed by atoms with Crippen molar-refractivity contribution in [3.8, 4) is 11.8 Å². The fourth-order valence-corrected chi connectivity index (χ4v) is 1.73. The van der Waals surface area contributed by atoms with Crippen LogP contribution in [0.1, 0.15) is 25.8 Å². The van der Waals surface area contributed by atoms with Crippen molar-refractivity contribution in [2.75, 3.05) is 6.61 Å². The van der Waals surface area contributed by atoms with Crippen LogP contribution in [0.25, 0.3) is 0 Å². The van der Waals surface area contributed by atoms with Crippen LogP contribution in [0.3, 0.4) is 0 Å². The average molecular weight is 277 g/mol. The van der Waals surface area contributed by atoms with E-state index in [1.54, 1.807) is 6.07 Å². The number of benzene rings is 1. The zero-order valence-corrected chi connectivity index (χ0v) is 11.9. The number of aryl methyl sites for hydroxylation is 1. The number of rotatable bonds is 7. The molecule has 1 N–H and O–H groups in total. The Morgan fingerprint density at radius 3 is 2.75 bits per heavy atom. The number of hydrogen-bond donors (Lipinski definition) is 1. The van der Waals surface area contributed by atoms with Gasteiger partial charge in [0.05, 0.1) is 29.7 Å². The summed E-state index contributed by atoms with van der Waals surface area (Å²) in [4.78, 5) is 10.3. The van der Waals surface area contributed by atoms with E-state index in [-0.39, 0.29) is 17.8 Å². The molecule has 0 heterocycles. The highest BCUT2D eigenvalue weighted by Crippen LogP contribution is 2.24. The van der Waals surface area contributed by atoms with E-state index in [0.717, 1.165) is 5.56 Å². The SMILES string of the molecule is Cc1ccc([N+](=O)[O-])cc1OCCC(C#N)NC(C)C. The molecule has 0 spiro atoms. The van der Waals surface area contributed by atoms with Crippen LogP contribution in [-0.4, -0.2) is 23.6 Å². The van der Waals surface area contributed by atoms with Gasteiger partial charge in [0.25, 0.3) is 5.69 Å². The second-order valence-electron chi connectivity index (χ2n) is 4.85. The largest absolute Gasteiger partial charge is 0.493 e. The summed E-state index contributed by atoms with van der Waals surface area (Å²) in [6.07, 6.45) is 0.525. The normalized spacial score (nSPS) is 11.9. The Hall–Kier alpha value is -2.13. The molecule has 0 saturated heterocycles. The predicted octanol–water partition coefficient (Wildman–Crippen LogP) is 2.56. The van der Waals surface area contributed by atoms with Crippen molar-refractivity contribution in [2.45, 2.75) is 39.3 Å². The fourth-order valence-electron chi connectivity index (χ4n) is 1.73. The molecule has 0 aliphatic carbocycles. The van der Waals surface area contributed by atoms with E-state index in [4.69, 9.17) is 10.00 Å². The summed E-state index contributed by atoms with van der Waals surface area (Å²) in [5, 5.41) is 22.8. The summed E-state index contributed by atoms with van der Waals surface area (Å²) in [5.74, 6) is 0.487. The molecule has 0 radical (unpaired) electrons. The number of nitrogens with zero attached hydrogens (tertiary/aromatic N) is 2. The predicted molar refractivity (Wildman–Crippen MR) is 75.6 cm³/mol. The van der Waals surface area contributed by atoms with Gasteiger partial charge in [0.1, 0.15) is 5.75 Å². The third-order valence-electron chi connectivity index (χ3n) is 2.74.